The van der Waals surface area contributed by atoms with Crippen molar-refractivity contribution in [3.05, 3.63) is 24.0 Å². The number of hydrogen-bond donors (Lipinski definition) is 5. The summed E-state index contributed by atoms with van der Waals surface area (Å²) in [6.07, 6.45) is 3.98. The first-order valence-corrected chi connectivity index (χ1v) is 10.2. The number of anilines is 1. The minimum atomic E-state index is -0.575. The summed E-state index contributed by atoms with van der Waals surface area (Å²) in [4.78, 5) is 0. The van der Waals surface area contributed by atoms with Gasteiger partial charge in [-0.15, -0.1) is 0 Å². The fraction of sp³-hybridized carbons (Fsp3) is 0.579. The topological polar surface area (TPSA) is 125 Å². The molecule has 2 atom stereocenters. The number of piperidine rings is 1. The Morgan fingerprint density at radius 2 is 2.07 bits per heavy atom. The Balaban J connectivity index is 0.000000636. The van der Waals surface area contributed by atoms with Crippen LogP contribution in [0.4, 0.5) is 14.5 Å². The molecule has 0 amide bonds. The van der Waals surface area contributed by atoms with E-state index >= 15 is 0 Å². The van der Waals surface area contributed by atoms with Crippen LogP contribution < -0.4 is 37.7 Å². The molecule has 3 rings (SSSR count). The first kappa shape index (κ1) is 27.5. The Morgan fingerprint density at radius 3 is 2.53 bits per heavy atom. The van der Waals surface area contributed by atoms with E-state index in [0.29, 0.717) is 12.2 Å². The molecule has 1 aromatic rings. The highest BCUT2D eigenvalue weighted by Crippen LogP contribution is 2.22. The van der Waals surface area contributed by atoms with Gasteiger partial charge in [-0.1, -0.05) is 27.7 Å². The van der Waals surface area contributed by atoms with Crippen LogP contribution in [0.5, 0.6) is 5.75 Å². The summed E-state index contributed by atoms with van der Waals surface area (Å²) in [5, 5.41) is 11.1. The smallest absolute Gasteiger partial charge is 0.167 e. The van der Waals surface area contributed by atoms with E-state index in [0.717, 1.165) is 24.4 Å². The molecule has 0 aromatic heterocycles. The largest absolute Gasteiger partial charge is 0.488 e. The molecular weight excluding hydrogens is 394 g/mol. The molecule has 2 heterocycles. The van der Waals surface area contributed by atoms with Gasteiger partial charge >= 0.3 is 0 Å². The van der Waals surface area contributed by atoms with Gasteiger partial charge in [0.1, 0.15) is 19.1 Å². The molecule has 9 nitrogen and oxygen atoms in total. The maximum Gasteiger partial charge on any atom is 0.167 e. The molecule has 1 aromatic carbocycles. The predicted octanol–water partition coefficient (Wildman–Crippen LogP) is 2.01. The van der Waals surface area contributed by atoms with Crippen molar-refractivity contribution in [3.63, 3.8) is 0 Å². The SMILES string of the molecule is CC.CC.FC1CCCNC1.N/N=C\N(N)c1ccc(OCC2C=NNN2)c(F)c1. The quantitative estimate of drug-likeness (QED) is 0.209. The molecule has 0 aliphatic carbocycles. The number of hydrogen-bond acceptors (Lipinski definition) is 8. The molecule has 1 saturated heterocycles. The number of nitrogens with two attached hydrogens (primary N) is 2. The molecule has 2 aliphatic heterocycles. The van der Waals surface area contributed by atoms with Gasteiger partial charge in [-0.05, 0) is 31.5 Å². The van der Waals surface area contributed by atoms with Gasteiger partial charge in [-0.2, -0.15) is 10.2 Å². The van der Waals surface area contributed by atoms with Crippen molar-refractivity contribution in [2.45, 2.75) is 52.8 Å². The fourth-order valence-electron chi connectivity index (χ4n) is 2.26. The molecule has 0 spiro atoms. The molecule has 1 fully saturated rings. The van der Waals surface area contributed by atoms with Crippen LogP contribution in [-0.2, 0) is 0 Å². The van der Waals surface area contributed by atoms with E-state index in [9.17, 15) is 8.78 Å². The summed E-state index contributed by atoms with van der Waals surface area (Å²) in [5.74, 6) is 10.1. The fourth-order valence-corrected chi connectivity index (χ4v) is 2.26. The van der Waals surface area contributed by atoms with Crippen LogP contribution in [0.25, 0.3) is 0 Å². The molecule has 2 unspecified atom stereocenters. The zero-order valence-electron chi connectivity index (χ0n) is 18.2. The van der Waals surface area contributed by atoms with Crippen molar-refractivity contribution < 1.29 is 13.5 Å². The van der Waals surface area contributed by atoms with Crippen LogP contribution in [0.2, 0.25) is 0 Å². The van der Waals surface area contributed by atoms with Gasteiger partial charge in [-0.25, -0.2) is 25.6 Å². The third kappa shape index (κ3) is 10.9. The van der Waals surface area contributed by atoms with E-state index in [1.54, 1.807) is 12.3 Å². The van der Waals surface area contributed by atoms with Gasteiger partial charge in [-0.3, -0.25) is 5.01 Å². The molecule has 11 heteroatoms. The third-order valence-electron chi connectivity index (χ3n) is 3.63. The number of hydrazine groups is 2. The van der Waals surface area contributed by atoms with Crippen LogP contribution in [-0.4, -0.2) is 44.5 Å². The standard InChI is InChI=1S/C10H14FN7O.C5H10FN.2C2H6/c11-9-3-8(18(13)6-14-12)1-2-10(9)19-5-7-4-15-17-16-7;6-5-2-1-3-7-4-5;2*1-2/h1-4,6-7,16-17H,5,12-13H2;5,7H,1-4H2;2*1-2H3/b14-6-;;;. The Hall–Kier alpha value is -2.50. The molecule has 172 valence electrons. The summed E-state index contributed by atoms with van der Waals surface area (Å²) in [5.41, 5.74) is 5.77. The summed E-state index contributed by atoms with van der Waals surface area (Å²) in [7, 11) is 0. The summed E-state index contributed by atoms with van der Waals surface area (Å²) in [6, 6.07) is 4.20. The average molecular weight is 431 g/mol. The van der Waals surface area contributed by atoms with E-state index in [1.807, 2.05) is 27.7 Å². The van der Waals surface area contributed by atoms with Gasteiger partial charge in [0.15, 0.2) is 11.6 Å². The number of rotatable bonds is 5. The number of benzene rings is 1. The van der Waals surface area contributed by atoms with Crippen molar-refractivity contribution in [2.24, 2.45) is 21.9 Å². The van der Waals surface area contributed by atoms with Crippen LogP contribution in [0.3, 0.4) is 0 Å². The number of ether oxygens (including phenoxy) is 1. The Morgan fingerprint density at radius 1 is 1.33 bits per heavy atom. The lowest BCUT2D eigenvalue weighted by Gasteiger charge is -2.14. The molecule has 30 heavy (non-hydrogen) atoms. The van der Waals surface area contributed by atoms with E-state index in [-0.39, 0.29) is 18.4 Å². The molecule has 2 aliphatic rings. The van der Waals surface area contributed by atoms with E-state index < -0.39 is 12.0 Å². The number of hydrazone groups is 2. The van der Waals surface area contributed by atoms with Crippen LogP contribution in [0, 0.1) is 5.82 Å². The molecule has 0 saturated carbocycles. The van der Waals surface area contributed by atoms with Gasteiger partial charge in [0.05, 0.1) is 11.7 Å². The number of halogens is 2. The first-order valence-electron chi connectivity index (χ1n) is 10.2. The zero-order chi connectivity index (χ0) is 22.8. The highest BCUT2D eigenvalue weighted by molar-refractivity contribution is 5.77. The maximum absolute atomic E-state index is 13.8. The Kier molecular flexibility index (Phi) is 15.9. The van der Waals surface area contributed by atoms with Crippen molar-refractivity contribution in [3.8, 4) is 5.75 Å². The molecule has 7 N–H and O–H groups in total. The van der Waals surface area contributed by atoms with Gasteiger partial charge in [0.25, 0.3) is 0 Å². The second-order valence-corrected chi connectivity index (χ2v) is 5.68. The van der Waals surface area contributed by atoms with E-state index in [4.69, 9.17) is 16.4 Å². The van der Waals surface area contributed by atoms with Crippen molar-refractivity contribution >= 4 is 18.2 Å². The third-order valence-corrected chi connectivity index (χ3v) is 3.63. The van der Waals surface area contributed by atoms with Crippen LogP contribution in [0.15, 0.2) is 28.4 Å². The van der Waals surface area contributed by atoms with E-state index in [1.165, 1.54) is 18.5 Å². The van der Waals surface area contributed by atoms with Gasteiger partial charge in [0.2, 0.25) is 0 Å². The first-order chi connectivity index (χ1) is 14.6. The second kappa shape index (κ2) is 17.4. The predicted molar refractivity (Wildman–Crippen MR) is 119 cm³/mol. The van der Waals surface area contributed by atoms with Crippen molar-refractivity contribution in [2.75, 3.05) is 24.7 Å². The summed E-state index contributed by atoms with van der Waals surface area (Å²) < 4.78 is 31.2. The lowest BCUT2D eigenvalue weighted by atomic mass is 10.1. The Labute approximate surface area is 177 Å². The summed E-state index contributed by atoms with van der Waals surface area (Å²) in [6.45, 7) is 9.82. The normalized spacial score (nSPS) is 19.3. The highest BCUT2D eigenvalue weighted by Gasteiger charge is 2.13. The van der Waals surface area contributed by atoms with Gasteiger partial charge in [0, 0.05) is 18.8 Å². The lowest BCUT2D eigenvalue weighted by Crippen LogP contribution is -2.36. The number of nitrogens with one attached hydrogen (secondary N) is 3. The highest BCUT2D eigenvalue weighted by atomic mass is 19.1. The van der Waals surface area contributed by atoms with Crippen molar-refractivity contribution in [1.29, 1.82) is 0 Å². The minimum absolute atomic E-state index is 0.102. The second-order valence-electron chi connectivity index (χ2n) is 5.68. The number of alkyl halides is 1. The van der Waals surface area contributed by atoms with Gasteiger partial charge < -0.3 is 15.9 Å². The van der Waals surface area contributed by atoms with Crippen molar-refractivity contribution in [1.82, 2.24) is 16.3 Å². The molecular formula is C19H36F2N8O. The van der Waals surface area contributed by atoms with E-state index in [2.05, 4.69) is 26.5 Å². The number of nitrogens with zero attached hydrogens (tertiary/aromatic N) is 3. The average Bonchev–Trinajstić information content (AvgIpc) is 3.30. The zero-order valence-corrected chi connectivity index (χ0v) is 18.2. The Bertz CT molecular complexity index is 612. The summed E-state index contributed by atoms with van der Waals surface area (Å²) >= 11 is 0. The minimum Gasteiger partial charge on any atom is -0.488 e. The maximum atomic E-state index is 13.8. The molecule has 0 bridgehead atoms. The van der Waals surface area contributed by atoms with Crippen LogP contribution >= 0.6 is 0 Å². The van der Waals surface area contributed by atoms with Crippen LogP contribution in [0.1, 0.15) is 40.5 Å². The monoisotopic (exact) mass is 430 g/mol. The lowest BCUT2D eigenvalue weighted by molar-refractivity contribution is 0.266. The molecule has 0 radical (unpaired) electrons.